The van der Waals surface area contributed by atoms with E-state index in [1.54, 1.807) is 29.2 Å². The molecule has 0 bridgehead atoms. The summed E-state index contributed by atoms with van der Waals surface area (Å²) in [5.74, 6) is -0.397. The van der Waals surface area contributed by atoms with E-state index in [2.05, 4.69) is 11.1 Å². The van der Waals surface area contributed by atoms with Crippen molar-refractivity contribution in [1.29, 1.82) is 5.26 Å². The molecule has 1 aliphatic rings. The van der Waals surface area contributed by atoms with Crippen LogP contribution in [-0.4, -0.2) is 62.3 Å². The topological polar surface area (TPSA) is 112 Å². The summed E-state index contributed by atoms with van der Waals surface area (Å²) in [5.41, 5.74) is 0.354. The Bertz CT molecular complexity index is 1040. The van der Waals surface area contributed by atoms with Gasteiger partial charge in [0.25, 0.3) is 5.56 Å². The van der Waals surface area contributed by atoms with E-state index in [9.17, 15) is 20.0 Å². The van der Waals surface area contributed by atoms with Gasteiger partial charge in [-0.05, 0) is 32.4 Å². The van der Waals surface area contributed by atoms with E-state index in [1.165, 1.54) is 10.9 Å². The fraction of sp³-hybridized carbons (Fsp3) is 0.455. The predicted octanol–water partition coefficient (Wildman–Crippen LogP) is 1.92. The summed E-state index contributed by atoms with van der Waals surface area (Å²) in [7, 11) is 0. The molecule has 0 spiro atoms. The summed E-state index contributed by atoms with van der Waals surface area (Å²) in [6.45, 7) is 8.11. The summed E-state index contributed by atoms with van der Waals surface area (Å²) in [6, 6.07) is 9.09. The molecule has 0 aliphatic carbocycles. The summed E-state index contributed by atoms with van der Waals surface area (Å²) >= 11 is 0. The van der Waals surface area contributed by atoms with Gasteiger partial charge in [0, 0.05) is 32.7 Å². The highest BCUT2D eigenvalue weighted by atomic mass is 16.6. The number of carbonyl (C=O) groups is 1. The lowest BCUT2D eigenvalue weighted by Crippen LogP contribution is -2.49. The second-order valence-electron chi connectivity index (χ2n) is 8.49. The third-order valence-corrected chi connectivity index (χ3v) is 4.97. The van der Waals surface area contributed by atoms with Gasteiger partial charge >= 0.3 is 6.09 Å². The second-order valence-corrected chi connectivity index (χ2v) is 8.49. The van der Waals surface area contributed by atoms with Gasteiger partial charge in [-0.15, -0.1) is 0 Å². The van der Waals surface area contributed by atoms with Gasteiger partial charge in [-0.1, -0.05) is 18.2 Å². The van der Waals surface area contributed by atoms with Gasteiger partial charge in [0.15, 0.2) is 0 Å². The highest BCUT2D eigenvalue weighted by Crippen LogP contribution is 2.16. The average Bonchev–Trinajstić information content (AvgIpc) is 2.73. The number of amides is 1. The molecule has 0 unspecified atom stereocenters. The van der Waals surface area contributed by atoms with Crippen LogP contribution in [0, 0.1) is 11.3 Å². The van der Waals surface area contributed by atoms with E-state index in [0.717, 1.165) is 0 Å². The van der Waals surface area contributed by atoms with E-state index in [4.69, 9.17) is 4.74 Å². The van der Waals surface area contributed by atoms with Gasteiger partial charge in [-0.3, -0.25) is 14.3 Å². The van der Waals surface area contributed by atoms with Crippen LogP contribution in [0.5, 0.6) is 5.75 Å². The van der Waals surface area contributed by atoms with Crippen LogP contribution >= 0.6 is 0 Å². The van der Waals surface area contributed by atoms with E-state index in [-0.39, 0.29) is 12.6 Å². The zero-order valence-corrected chi connectivity index (χ0v) is 18.0. The Morgan fingerprint density at radius 1 is 1.19 bits per heavy atom. The molecule has 1 fully saturated rings. The van der Waals surface area contributed by atoms with Crippen LogP contribution < -0.4 is 5.56 Å². The third kappa shape index (κ3) is 5.61. The van der Waals surface area contributed by atoms with Crippen molar-refractivity contribution in [2.24, 2.45) is 0 Å². The molecular weight excluding hydrogens is 398 g/mol. The molecule has 1 aromatic carbocycles. The van der Waals surface area contributed by atoms with Gasteiger partial charge in [0.1, 0.15) is 11.3 Å². The average molecular weight is 425 g/mol. The number of benzene rings is 1. The number of hydrogen-bond acceptors (Lipinski definition) is 7. The van der Waals surface area contributed by atoms with Crippen molar-refractivity contribution in [1.82, 2.24) is 19.4 Å². The SMILES string of the molecule is CC(C)(C)OC(=O)N1CCN(Cc2ncn(Cc3ccccc3C#N)c(=O)c2O)CC1. The fourth-order valence-corrected chi connectivity index (χ4v) is 3.32. The Hall–Kier alpha value is -3.38. The first-order valence-corrected chi connectivity index (χ1v) is 10.1. The lowest BCUT2D eigenvalue weighted by atomic mass is 10.1. The maximum absolute atomic E-state index is 12.6. The van der Waals surface area contributed by atoms with Gasteiger partial charge in [-0.2, -0.15) is 5.26 Å². The number of piperazine rings is 1. The third-order valence-electron chi connectivity index (χ3n) is 4.97. The largest absolute Gasteiger partial charge is 0.502 e. The Kier molecular flexibility index (Phi) is 6.61. The highest BCUT2D eigenvalue weighted by molar-refractivity contribution is 5.68. The minimum absolute atomic E-state index is 0.151. The van der Waals surface area contributed by atoms with E-state index < -0.39 is 16.9 Å². The Labute approximate surface area is 181 Å². The van der Waals surface area contributed by atoms with E-state index in [1.807, 2.05) is 25.7 Å². The quantitative estimate of drug-likeness (QED) is 0.796. The Morgan fingerprint density at radius 3 is 2.52 bits per heavy atom. The molecular formula is C22H27N5O4. The molecule has 3 rings (SSSR count). The fourth-order valence-electron chi connectivity index (χ4n) is 3.32. The van der Waals surface area contributed by atoms with Crippen molar-refractivity contribution in [3.63, 3.8) is 0 Å². The van der Waals surface area contributed by atoms with Crippen molar-refractivity contribution in [2.45, 2.75) is 39.5 Å². The monoisotopic (exact) mass is 425 g/mol. The number of ether oxygens (including phenoxy) is 1. The van der Waals surface area contributed by atoms with Crippen LogP contribution in [0.2, 0.25) is 0 Å². The van der Waals surface area contributed by atoms with Gasteiger partial charge in [0.2, 0.25) is 5.75 Å². The molecule has 1 aromatic heterocycles. The maximum atomic E-state index is 12.6. The lowest BCUT2D eigenvalue weighted by molar-refractivity contribution is 0.0137. The molecule has 1 saturated heterocycles. The molecule has 9 heteroatoms. The second kappa shape index (κ2) is 9.18. The molecule has 164 valence electrons. The smallest absolute Gasteiger partial charge is 0.410 e. The first-order valence-electron chi connectivity index (χ1n) is 10.1. The number of hydrogen-bond donors (Lipinski definition) is 1. The van der Waals surface area contributed by atoms with Gasteiger partial charge in [-0.25, -0.2) is 9.78 Å². The number of nitrogens with zero attached hydrogens (tertiary/aromatic N) is 5. The minimum Gasteiger partial charge on any atom is -0.502 e. The standard InChI is InChI=1S/C22H27N5O4/c1-22(2,3)31-21(30)26-10-8-25(9-11-26)14-18-19(28)20(29)27(15-24-18)13-17-7-5-4-6-16(17)12-23/h4-7,15,28H,8-11,13-14H2,1-3H3. The van der Waals surface area contributed by atoms with Crippen molar-refractivity contribution in [2.75, 3.05) is 26.2 Å². The van der Waals surface area contributed by atoms with Crippen LogP contribution in [0.15, 0.2) is 35.4 Å². The van der Waals surface area contributed by atoms with Crippen LogP contribution in [-0.2, 0) is 17.8 Å². The van der Waals surface area contributed by atoms with E-state index in [0.29, 0.717) is 49.5 Å². The van der Waals surface area contributed by atoms with Crippen LogP contribution in [0.1, 0.15) is 37.6 Å². The van der Waals surface area contributed by atoms with Crippen molar-refractivity contribution in [3.8, 4) is 11.8 Å². The van der Waals surface area contributed by atoms with Crippen LogP contribution in [0.4, 0.5) is 4.79 Å². The van der Waals surface area contributed by atoms with E-state index >= 15 is 0 Å². The van der Waals surface area contributed by atoms with Gasteiger partial charge < -0.3 is 14.7 Å². The summed E-state index contributed by atoms with van der Waals surface area (Å²) < 4.78 is 6.68. The Balaban J connectivity index is 1.64. The normalized spacial score (nSPS) is 14.8. The lowest BCUT2D eigenvalue weighted by Gasteiger charge is -2.35. The summed E-state index contributed by atoms with van der Waals surface area (Å²) in [4.78, 5) is 32.7. The number of aromatic hydroxyl groups is 1. The molecule has 1 N–H and O–H groups in total. The highest BCUT2D eigenvalue weighted by Gasteiger charge is 2.26. The molecule has 1 aliphatic heterocycles. The first kappa shape index (κ1) is 22.3. The summed E-state index contributed by atoms with van der Waals surface area (Å²) in [6.07, 6.45) is 1.05. The number of rotatable bonds is 4. The molecule has 0 radical (unpaired) electrons. The molecule has 0 atom stereocenters. The molecule has 0 saturated carbocycles. The van der Waals surface area contributed by atoms with Crippen LogP contribution in [0.3, 0.4) is 0 Å². The molecule has 2 aromatic rings. The number of aromatic nitrogens is 2. The van der Waals surface area contributed by atoms with Crippen molar-refractivity contribution in [3.05, 3.63) is 57.8 Å². The minimum atomic E-state index is -0.551. The number of carbonyl (C=O) groups excluding carboxylic acids is 1. The van der Waals surface area contributed by atoms with Crippen molar-refractivity contribution < 1.29 is 14.6 Å². The van der Waals surface area contributed by atoms with Gasteiger partial charge in [0.05, 0.1) is 24.5 Å². The zero-order chi connectivity index (χ0) is 22.6. The maximum Gasteiger partial charge on any atom is 0.410 e. The predicted molar refractivity (Wildman–Crippen MR) is 114 cm³/mol. The van der Waals surface area contributed by atoms with Crippen molar-refractivity contribution >= 4 is 6.09 Å². The molecule has 31 heavy (non-hydrogen) atoms. The van der Waals surface area contributed by atoms with Crippen LogP contribution in [0.25, 0.3) is 0 Å². The molecule has 9 nitrogen and oxygen atoms in total. The first-order chi connectivity index (χ1) is 14.7. The molecule has 2 heterocycles. The zero-order valence-electron chi connectivity index (χ0n) is 18.0. The Morgan fingerprint density at radius 2 is 1.87 bits per heavy atom. The number of nitriles is 1. The molecule has 1 amide bonds. The summed E-state index contributed by atoms with van der Waals surface area (Å²) in [5, 5.41) is 19.6.